The highest BCUT2D eigenvalue weighted by Crippen LogP contribution is 2.20. The molecule has 2 aromatic carbocycles. The minimum absolute atomic E-state index is 0.250. The van der Waals surface area contributed by atoms with E-state index in [1.807, 2.05) is 31.2 Å². The van der Waals surface area contributed by atoms with Crippen LogP contribution in [0.3, 0.4) is 0 Å². The highest BCUT2D eigenvalue weighted by Gasteiger charge is 2.13. The maximum Gasteiger partial charge on any atom is 0.338 e. The molecule has 124 valence electrons. The molecule has 0 fully saturated rings. The zero-order valence-corrected chi connectivity index (χ0v) is 14.1. The molecule has 0 atom stereocenters. The Morgan fingerprint density at radius 3 is 2.46 bits per heavy atom. The molecule has 4 heteroatoms. The van der Waals surface area contributed by atoms with E-state index in [4.69, 9.17) is 4.74 Å². The van der Waals surface area contributed by atoms with Gasteiger partial charge in [0, 0.05) is 11.8 Å². The summed E-state index contributed by atoms with van der Waals surface area (Å²) in [5.41, 5.74) is 3.86. The van der Waals surface area contributed by atoms with Crippen molar-refractivity contribution in [2.24, 2.45) is 0 Å². The Kier molecular flexibility index (Phi) is 5.90. The second-order valence-electron chi connectivity index (χ2n) is 5.43. The van der Waals surface area contributed by atoms with Crippen LogP contribution in [0.4, 0.5) is 5.69 Å². The van der Waals surface area contributed by atoms with E-state index in [0.29, 0.717) is 23.4 Å². The molecule has 0 bridgehead atoms. The molecule has 0 aliphatic carbocycles. The first-order valence-electron chi connectivity index (χ1n) is 7.83. The van der Waals surface area contributed by atoms with Gasteiger partial charge >= 0.3 is 5.97 Å². The van der Waals surface area contributed by atoms with Crippen molar-refractivity contribution in [3.63, 3.8) is 0 Å². The molecule has 0 aliphatic rings. The third-order valence-corrected chi connectivity index (χ3v) is 3.59. The van der Waals surface area contributed by atoms with Gasteiger partial charge in [0.05, 0.1) is 12.2 Å². The number of anilines is 1. The Bertz CT molecular complexity index is 761. The van der Waals surface area contributed by atoms with E-state index < -0.39 is 0 Å². The number of carbonyl (C=O) groups excluding carboxylic acids is 2. The van der Waals surface area contributed by atoms with Crippen molar-refractivity contribution in [2.75, 3.05) is 11.9 Å². The number of nitrogens with one attached hydrogen (secondary N) is 1. The predicted octanol–water partition coefficient (Wildman–Crippen LogP) is 4.13. The molecule has 0 aliphatic heterocycles. The molecule has 0 saturated carbocycles. The van der Waals surface area contributed by atoms with Crippen molar-refractivity contribution < 1.29 is 14.3 Å². The standard InChI is InChI=1S/C20H21NO3/c1-4-24-20(23)17-6-5-7-18(15(17)3)21-19(22)13-12-16-10-8-14(2)9-11-16/h5-13H,4H2,1-3H3,(H,21,22)/b13-12+. The van der Waals surface area contributed by atoms with Crippen LogP contribution in [0.2, 0.25) is 0 Å². The average Bonchev–Trinajstić information content (AvgIpc) is 2.56. The second kappa shape index (κ2) is 8.11. The number of rotatable bonds is 5. The van der Waals surface area contributed by atoms with Crippen LogP contribution in [-0.4, -0.2) is 18.5 Å². The fraction of sp³-hybridized carbons (Fsp3) is 0.200. The molecule has 2 rings (SSSR count). The Morgan fingerprint density at radius 2 is 1.79 bits per heavy atom. The fourth-order valence-electron chi connectivity index (χ4n) is 2.22. The molecule has 0 saturated heterocycles. The molecule has 2 aromatic rings. The third kappa shape index (κ3) is 4.56. The van der Waals surface area contributed by atoms with Crippen LogP contribution in [-0.2, 0) is 9.53 Å². The smallest absolute Gasteiger partial charge is 0.338 e. The minimum atomic E-state index is -0.388. The quantitative estimate of drug-likeness (QED) is 0.665. The van der Waals surface area contributed by atoms with E-state index in [9.17, 15) is 9.59 Å². The molecule has 1 N–H and O–H groups in total. The van der Waals surface area contributed by atoms with Crippen LogP contribution in [0, 0.1) is 13.8 Å². The van der Waals surface area contributed by atoms with Gasteiger partial charge in [0.1, 0.15) is 0 Å². The van der Waals surface area contributed by atoms with E-state index in [2.05, 4.69) is 5.32 Å². The van der Waals surface area contributed by atoms with Crippen molar-refractivity contribution in [3.05, 3.63) is 70.8 Å². The van der Waals surface area contributed by atoms with Gasteiger partial charge in [-0.3, -0.25) is 4.79 Å². The lowest BCUT2D eigenvalue weighted by Crippen LogP contribution is -2.12. The first kappa shape index (κ1) is 17.5. The molecule has 0 radical (unpaired) electrons. The van der Waals surface area contributed by atoms with Crippen molar-refractivity contribution in [1.82, 2.24) is 0 Å². The van der Waals surface area contributed by atoms with Crippen LogP contribution < -0.4 is 5.32 Å². The summed E-state index contributed by atoms with van der Waals surface area (Å²) in [7, 11) is 0. The number of hydrogen-bond acceptors (Lipinski definition) is 3. The zero-order valence-electron chi connectivity index (χ0n) is 14.1. The van der Waals surface area contributed by atoms with E-state index in [1.54, 1.807) is 38.1 Å². The van der Waals surface area contributed by atoms with Crippen molar-refractivity contribution in [3.8, 4) is 0 Å². The molecule has 1 amide bonds. The fourth-order valence-corrected chi connectivity index (χ4v) is 2.22. The number of amides is 1. The summed E-state index contributed by atoms with van der Waals surface area (Å²) in [6, 6.07) is 13.0. The Labute approximate surface area is 142 Å². The van der Waals surface area contributed by atoms with Crippen LogP contribution in [0.25, 0.3) is 6.08 Å². The Balaban J connectivity index is 2.10. The molecule has 0 unspecified atom stereocenters. The van der Waals surface area contributed by atoms with Crippen molar-refractivity contribution in [2.45, 2.75) is 20.8 Å². The molecule has 0 spiro atoms. The molecular weight excluding hydrogens is 302 g/mol. The summed E-state index contributed by atoms with van der Waals surface area (Å²) >= 11 is 0. The van der Waals surface area contributed by atoms with Crippen molar-refractivity contribution in [1.29, 1.82) is 0 Å². The minimum Gasteiger partial charge on any atom is -0.462 e. The van der Waals surface area contributed by atoms with Crippen LogP contribution in [0.5, 0.6) is 0 Å². The predicted molar refractivity (Wildman–Crippen MR) is 96.0 cm³/mol. The lowest BCUT2D eigenvalue weighted by Gasteiger charge is -2.10. The number of carbonyl (C=O) groups is 2. The molecule has 4 nitrogen and oxygen atoms in total. The number of hydrogen-bond donors (Lipinski definition) is 1. The van der Waals surface area contributed by atoms with Gasteiger partial charge in [0.2, 0.25) is 5.91 Å². The summed E-state index contributed by atoms with van der Waals surface area (Å²) in [5.74, 6) is -0.638. The Morgan fingerprint density at radius 1 is 1.08 bits per heavy atom. The molecule has 24 heavy (non-hydrogen) atoms. The lowest BCUT2D eigenvalue weighted by molar-refractivity contribution is -0.111. The highest BCUT2D eigenvalue weighted by molar-refractivity contribution is 6.03. The van der Waals surface area contributed by atoms with Crippen LogP contribution in [0.1, 0.15) is 34.0 Å². The van der Waals surface area contributed by atoms with Crippen molar-refractivity contribution >= 4 is 23.6 Å². The van der Waals surface area contributed by atoms with Gasteiger partial charge in [0.25, 0.3) is 0 Å². The van der Waals surface area contributed by atoms with Gasteiger partial charge in [-0.05, 0) is 50.1 Å². The van der Waals surface area contributed by atoms with Gasteiger partial charge in [-0.15, -0.1) is 0 Å². The maximum atomic E-state index is 12.1. The maximum absolute atomic E-state index is 12.1. The van der Waals surface area contributed by atoms with Crippen LogP contribution >= 0.6 is 0 Å². The topological polar surface area (TPSA) is 55.4 Å². The normalized spacial score (nSPS) is 10.6. The third-order valence-electron chi connectivity index (χ3n) is 3.59. The molecule has 0 heterocycles. The first-order valence-corrected chi connectivity index (χ1v) is 7.83. The number of benzene rings is 2. The van der Waals surface area contributed by atoms with E-state index in [1.165, 1.54) is 11.6 Å². The van der Waals surface area contributed by atoms with Gasteiger partial charge in [-0.2, -0.15) is 0 Å². The first-order chi connectivity index (χ1) is 11.5. The SMILES string of the molecule is CCOC(=O)c1cccc(NC(=O)/C=C/c2ccc(C)cc2)c1C. The van der Waals surface area contributed by atoms with Gasteiger partial charge < -0.3 is 10.1 Å². The highest BCUT2D eigenvalue weighted by atomic mass is 16.5. The Hall–Kier alpha value is -2.88. The number of esters is 1. The summed E-state index contributed by atoms with van der Waals surface area (Å²) in [6.07, 6.45) is 3.22. The molecule has 0 aromatic heterocycles. The monoisotopic (exact) mass is 323 g/mol. The number of ether oxygens (including phenoxy) is 1. The second-order valence-corrected chi connectivity index (χ2v) is 5.43. The van der Waals surface area contributed by atoms with E-state index >= 15 is 0 Å². The average molecular weight is 323 g/mol. The van der Waals surface area contributed by atoms with Gasteiger partial charge in [-0.25, -0.2) is 4.79 Å². The summed E-state index contributed by atoms with van der Waals surface area (Å²) in [4.78, 5) is 24.0. The largest absolute Gasteiger partial charge is 0.462 e. The summed E-state index contributed by atoms with van der Waals surface area (Å²) in [6.45, 7) is 5.87. The van der Waals surface area contributed by atoms with Crippen LogP contribution in [0.15, 0.2) is 48.5 Å². The molecular formula is C20H21NO3. The van der Waals surface area contributed by atoms with E-state index in [0.717, 1.165) is 5.56 Å². The number of aryl methyl sites for hydroxylation is 1. The van der Waals surface area contributed by atoms with Gasteiger partial charge in [-0.1, -0.05) is 35.9 Å². The van der Waals surface area contributed by atoms with E-state index in [-0.39, 0.29) is 11.9 Å². The summed E-state index contributed by atoms with van der Waals surface area (Å²) < 4.78 is 5.02. The zero-order chi connectivity index (χ0) is 17.5. The van der Waals surface area contributed by atoms with Gasteiger partial charge in [0.15, 0.2) is 0 Å². The summed E-state index contributed by atoms with van der Waals surface area (Å²) in [5, 5.41) is 2.80. The lowest BCUT2D eigenvalue weighted by atomic mass is 10.1.